The fourth-order valence-electron chi connectivity index (χ4n) is 7.51. The summed E-state index contributed by atoms with van der Waals surface area (Å²) in [5.74, 6) is 0.941. The molecule has 0 radical (unpaired) electrons. The van der Waals surface area contributed by atoms with E-state index in [4.69, 9.17) is 0 Å². The van der Waals surface area contributed by atoms with Gasteiger partial charge in [0.15, 0.2) is 5.78 Å². The lowest BCUT2D eigenvalue weighted by Crippen LogP contribution is -2.60. The molecule has 0 unspecified atom stereocenters. The number of Topliss-reactive ketones (excluding diaryl/α,β-unsaturated/α-hetero) is 2. The van der Waals surface area contributed by atoms with Crippen LogP contribution in [0.25, 0.3) is 0 Å². The minimum atomic E-state index is -1.26. The van der Waals surface area contributed by atoms with E-state index in [0.29, 0.717) is 30.5 Å². The highest BCUT2D eigenvalue weighted by molar-refractivity contribution is 5.88. The first-order chi connectivity index (χ1) is 11.6. The van der Waals surface area contributed by atoms with Crippen LogP contribution < -0.4 is 0 Å². The van der Waals surface area contributed by atoms with Gasteiger partial charge < -0.3 is 10.2 Å². The predicted octanol–water partition coefficient (Wildman–Crippen LogP) is 2.89. The quantitative estimate of drug-likeness (QED) is 0.764. The number of hydrogen-bond acceptors (Lipinski definition) is 4. The fraction of sp³-hybridized carbons (Fsp3) is 0.905. The number of carbonyl (C=O) groups excluding carboxylic acids is 2. The van der Waals surface area contributed by atoms with E-state index in [1.54, 1.807) is 0 Å². The third-order valence-corrected chi connectivity index (χ3v) is 9.18. The summed E-state index contributed by atoms with van der Waals surface area (Å²) in [5, 5.41) is 21.2. The number of fused-ring (bicyclic) bond motifs is 5. The Morgan fingerprint density at radius 3 is 2.44 bits per heavy atom. The van der Waals surface area contributed by atoms with Gasteiger partial charge in [-0.3, -0.25) is 9.59 Å². The van der Waals surface area contributed by atoms with E-state index in [1.165, 1.54) is 6.92 Å². The molecule has 25 heavy (non-hydrogen) atoms. The summed E-state index contributed by atoms with van der Waals surface area (Å²) in [6.45, 7) is 5.89. The first-order valence-corrected chi connectivity index (χ1v) is 10.1. The van der Waals surface area contributed by atoms with Crippen molar-refractivity contribution in [2.45, 2.75) is 83.8 Å². The Hall–Kier alpha value is -0.740. The van der Waals surface area contributed by atoms with Gasteiger partial charge in [0.1, 0.15) is 11.4 Å². The maximum Gasteiger partial charge on any atom is 0.161 e. The van der Waals surface area contributed by atoms with Gasteiger partial charge in [-0.05, 0) is 75.0 Å². The summed E-state index contributed by atoms with van der Waals surface area (Å²) in [6, 6.07) is 0. The molecule has 4 saturated carbocycles. The molecular formula is C21H32O4. The second-order valence-electron chi connectivity index (χ2n) is 9.95. The topological polar surface area (TPSA) is 74.6 Å². The van der Waals surface area contributed by atoms with Gasteiger partial charge in [0.05, 0.1) is 6.10 Å². The molecule has 0 amide bonds. The number of ketones is 2. The minimum absolute atomic E-state index is 0.0105. The molecule has 4 aliphatic rings. The molecule has 4 fully saturated rings. The molecule has 0 aromatic heterocycles. The summed E-state index contributed by atoms with van der Waals surface area (Å²) < 4.78 is 0. The molecule has 4 rings (SSSR count). The highest BCUT2D eigenvalue weighted by atomic mass is 16.3. The van der Waals surface area contributed by atoms with E-state index in [2.05, 4.69) is 13.8 Å². The van der Waals surface area contributed by atoms with Crippen molar-refractivity contribution in [3.05, 3.63) is 0 Å². The molecule has 2 N–H and O–H groups in total. The summed E-state index contributed by atoms with van der Waals surface area (Å²) in [7, 11) is 0. The zero-order valence-electron chi connectivity index (χ0n) is 15.8. The van der Waals surface area contributed by atoms with Gasteiger partial charge >= 0.3 is 0 Å². The lowest BCUT2D eigenvalue weighted by molar-refractivity contribution is -0.176. The molecule has 0 heterocycles. The Bertz CT molecular complexity index is 615. The largest absolute Gasteiger partial charge is 0.393 e. The molecule has 0 aromatic carbocycles. The van der Waals surface area contributed by atoms with Crippen LogP contribution in [0.2, 0.25) is 0 Å². The van der Waals surface area contributed by atoms with Crippen molar-refractivity contribution < 1.29 is 19.8 Å². The lowest BCUT2D eigenvalue weighted by Gasteiger charge is -2.60. The minimum Gasteiger partial charge on any atom is -0.393 e. The van der Waals surface area contributed by atoms with Crippen molar-refractivity contribution in [3.8, 4) is 0 Å². The maximum absolute atomic E-state index is 13.1. The molecule has 0 aromatic rings. The molecule has 4 nitrogen and oxygen atoms in total. The van der Waals surface area contributed by atoms with Crippen LogP contribution in [-0.4, -0.2) is 33.5 Å². The van der Waals surface area contributed by atoms with Crippen molar-refractivity contribution in [1.29, 1.82) is 0 Å². The van der Waals surface area contributed by atoms with Gasteiger partial charge in [0.2, 0.25) is 0 Å². The van der Waals surface area contributed by atoms with Gasteiger partial charge in [-0.15, -0.1) is 0 Å². The van der Waals surface area contributed by atoms with Gasteiger partial charge in [0.25, 0.3) is 0 Å². The Labute approximate surface area is 150 Å². The Morgan fingerprint density at radius 1 is 1.08 bits per heavy atom. The maximum atomic E-state index is 13.1. The molecule has 140 valence electrons. The van der Waals surface area contributed by atoms with E-state index in [9.17, 15) is 19.8 Å². The molecular weight excluding hydrogens is 316 g/mol. The normalized spacial score (nSPS) is 55.2. The smallest absolute Gasteiger partial charge is 0.161 e. The number of aliphatic hydroxyl groups is 2. The van der Waals surface area contributed by atoms with E-state index >= 15 is 0 Å². The van der Waals surface area contributed by atoms with E-state index in [0.717, 1.165) is 38.5 Å². The third-order valence-electron chi connectivity index (χ3n) is 9.18. The zero-order valence-corrected chi connectivity index (χ0v) is 15.8. The molecule has 8 atom stereocenters. The molecule has 4 aliphatic carbocycles. The number of rotatable bonds is 1. The van der Waals surface area contributed by atoms with E-state index < -0.39 is 11.0 Å². The van der Waals surface area contributed by atoms with Crippen LogP contribution in [0.15, 0.2) is 0 Å². The highest BCUT2D eigenvalue weighted by Gasteiger charge is 2.67. The number of aliphatic hydroxyl groups excluding tert-OH is 1. The van der Waals surface area contributed by atoms with E-state index in [-0.39, 0.29) is 29.1 Å². The fourth-order valence-corrected chi connectivity index (χ4v) is 7.51. The van der Waals surface area contributed by atoms with Gasteiger partial charge in [-0.2, -0.15) is 0 Å². The molecule has 0 bridgehead atoms. The van der Waals surface area contributed by atoms with Crippen molar-refractivity contribution in [1.82, 2.24) is 0 Å². The second-order valence-corrected chi connectivity index (χ2v) is 9.95. The summed E-state index contributed by atoms with van der Waals surface area (Å²) in [5.41, 5.74) is -1.60. The Balaban J connectivity index is 1.71. The summed E-state index contributed by atoms with van der Waals surface area (Å²) in [4.78, 5) is 25.4. The van der Waals surface area contributed by atoms with Crippen molar-refractivity contribution >= 4 is 11.6 Å². The van der Waals surface area contributed by atoms with Crippen LogP contribution in [0, 0.1) is 34.5 Å². The first kappa shape index (κ1) is 17.7. The third kappa shape index (κ3) is 2.13. The van der Waals surface area contributed by atoms with Crippen LogP contribution in [0.3, 0.4) is 0 Å². The number of carbonyl (C=O) groups is 2. The van der Waals surface area contributed by atoms with Gasteiger partial charge in [0, 0.05) is 17.8 Å². The van der Waals surface area contributed by atoms with Crippen LogP contribution in [0.1, 0.15) is 72.1 Å². The van der Waals surface area contributed by atoms with Crippen molar-refractivity contribution in [2.24, 2.45) is 34.5 Å². The monoisotopic (exact) mass is 348 g/mol. The van der Waals surface area contributed by atoms with Crippen LogP contribution >= 0.6 is 0 Å². The van der Waals surface area contributed by atoms with Gasteiger partial charge in [-0.1, -0.05) is 13.8 Å². The SMILES string of the molecule is CC(=O)[C@@]1(O)CC[C@H]2[C@@H]3C(=O)C[C@H]4C[C@H](O)CC[C@]4(C)[C@H]3CC[C@@]21C. The standard InChI is InChI=1S/C21H32O4/c1-12(22)21(25)9-6-16-18-15(5-8-20(16,21)3)19(2)7-4-14(23)10-13(19)11-17(18)24/h13-16,18,23,25H,4-11H2,1-3H3/t13-,14-,15+,16+,18-,19+,20+,21+/m1/s1. The Morgan fingerprint density at radius 2 is 1.76 bits per heavy atom. The van der Waals surface area contributed by atoms with Gasteiger partial charge in [-0.25, -0.2) is 0 Å². The van der Waals surface area contributed by atoms with Crippen LogP contribution in [0.4, 0.5) is 0 Å². The van der Waals surface area contributed by atoms with Crippen molar-refractivity contribution in [2.75, 3.05) is 0 Å². The average Bonchev–Trinajstić information content (AvgIpc) is 2.82. The van der Waals surface area contributed by atoms with Crippen molar-refractivity contribution in [3.63, 3.8) is 0 Å². The molecule has 0 aliphatic heterocycles. The summed E-state index contributed by atoms with van der Waals surface area (Å²) >= 11 is 0. The lowest BCUT2D eigenvalue weighted by atomic mass is 9.44. The molecule has 0 saturated heterocycles. The number of hydrogen-bond donors (Lipinski definition) is 2. The predicted molar refractivity (Wildman–Crippen MR) is 93.8 cm³/mol. The molecule has 0 spiro atoms. The summed E-state index contributed by atoms with van der Waals surface area (Å²) in [6.07, 6.45) is 5.92. The van der Waals surface area contributed by atoms with Crippen LogP contribution in [-0.2, 0) is 9.59 Å². The Kier molecular flexibility index (Phi) is 3.81. The first-order valence-electron chi connectivity index (χ1n) is 10.1. The zero-order chi connectivity index (χ0) is 18.2. The van der Waals surface area contributed by atoms with E-state index in [1.807, 2.05) is 0 Å². The highest BCUT2D eigenvalue weighted by Crippen LogP contribution is 2.67. The second kappa shape index (κ2) is 5.39. The molecule has 4 heteroatoms. The average molecular weight is 348 g/mol. The van der Waals surface area contributed by atoms with Crippen LogP contribution in [0.5, 0.6) is 0 Å².